The molecule has 1 fully saturated rings. The van der Waals surface area contributed by atoms with E-state index in [1.54, 1.807) is 7.11 Å². The fourth-order valence-electron chi connectivity index (χ4n) is 3.34. The Labute approximate surface area is 172 Å². The van der Waals surface area contributed by atoms with Crippen LogP contribution in [0.3, 0.4) is 0 Å². The SMILES string of the molecule is COc1ccc(CNC(=O)Nc2ccc(CN3CC[C@H](S(C)(=O)=O)C3)cc2)cc1. The lowest BCUT2D eigenvalue weighted by molar-refractivity contribution is 0.251. The molecule has 3 rings (SSSR count). The standard InChI is InChI=1S/C21H27N3O4S/c1-28-19-9-5-16(6-10-19)13-22-21(25)23-18-7-3-17(4-8-18)14-24-12-11-20(15-24)29(2,26)27/h3-10,20H,11-15H2,1-2H3,(H2,22,23,25)/t20-/m0/s1. The fourth-order valence-corrected chi connectivity index (χ4v) is 4.36. The van der Waals surface area contributed by atoms with E-state index in [9.17, 15) is 13.2 Å². The van der Waals surface area contributed by atoms with Gasteiger partial charge in [-0.15, -0.1) is 0 Å². The van der Waals surface area contributed by atoms with E-state index in [2.05, 4.69) is 15.5 Å². The van der Waals surface area contributed by atoms with Crippen LogP contribution in [0.1, 0.15) is 17.5 Å². The summed E-state index contributed by atoms with van der Waals surface area (Å²) in [5.74, 6) is 0.777. The minimum atomic E-state index is -2.98. The van der Waals surface area contributed by atoms with Crippen LogP contribution >= 0.6 is 0 Å². The van der Waals surface area contributed by atoms with Crippen LogP contribution in [0, 0.1) is 0 Å². The molecule has 0 aliphatic carbocycles. The highest BCUT2D eigenvalue weighted by Crippen LogP contribution is 2.19. The molecule has 1 heterocycles. The molecule has 1 atom stereocenters. The van der Waals surface area contributed by atoms with Gasteiger partial charge in [-0.2, -0.15) is 0 Å². The number of carbonyl (C=O) groups is 1. The zero-order valence-corrected chi connectivity index (χ0v) is 17.5. The maximum Gasteiger partial charge on any atom is 0.319 e. The Morgan fingerprint density at radius 1 is 1.10 bits per heavy atom. The molecule has 0 unspecified atom stereocenters. The average molecular weight is 418 g/mol. The molecule has 0 bridgehead atoms. The topological polar surface area (TPSA) is 87.7 Å². The van der Waals surface area contributed by atoms with Crippen molar-refractivity contribution < 1.29 is 17.9 Å². The number of hydrogen-bond acceptors (Lipinski definition) is 5. The summed E-state index contributed by atoms with van der Waals surface area (Å²) in [6.07, 6.45) is 1.99. The number of benzene rings is 2. The van der Waals surface area contributed by atoms with Crippen molar-refractivity contribution in [2.24, 2.45) is 0 Å². The van der Waals surface area contributed by atoms with Crippen LogP contribution in [0.2, 0.25) is 0 Å². The average Bonchev–Trinajstić information content (AvgIpc) is 3.17. The number of likely N-dealkylation sites (tertiary alicyclic amines) is 1. The Bertz CT molecular complexity index is 927. The lowest BCUT2D eigenvalue weighted by Gasteiger charge is -2.16. The normalized spacial score (nSPS) is 17.1. The summed E-state index contributed by atoms with van der Waals surface area (Å²) in [5, 5.41) is 5.37. The molecule has 2 aromatic carbocycles. The fraction of sp³-hybridized carbons (Fsp3) is 0.381. The Hall–Kier alpha value is -2.58. The van der Waals surface area contributed by atoms with Crippen molar-refractivity contribution in [3.05, 3.63) is 59.7 Å². The molecule has 8 heteroatoms. The van der Waals surface area contributed by atoms with Crippen molar-refractivity contribution in [1.29, 1.82) is 0 Å². The molecule has 1 aliphatic heterocycles. The summed E-state index contributed by atoms with van der Waals surface area (Å²) in [6, 6.07) is 14.8. The second kappa shape index (κ2) is 9.28. The molecule has 1 aliphatic rings. The van der Waals surface area contributed by atoms with Gasteiger partial charge in [0.1, 0.15) is 5.75 Å². The van der Waals surface area contributed by atoms with Gasteiger partial charge >= 0.3 is 6.03 Å². The largest absolute Gasteiger partial charge is 0.497 e. The number of ether oxygens (including phenoxy) is 1. The Morgan fingerprint density at radius 2 is 1.76 bits per heavy atom. The summed E-state index contributed by atoms with van der Waals surface area (Å²) in [7, 11) is -1.36. The third-order valence-corrected chi connectivity index (χ3v) is 6.66. The van der Waals surface area contributed by atoms with E-state index in [1.807, 2.05) is 48.5 Å². The van der Waals surface area contributed by atoms with Gasteiger partial charge in [0.2, 0.25) is 0 Å². The van der Waals surface area contributed by atoms with Crippen molar-refractivity contribution in [3.63, 3.8) is 0 Å². The van der Waals surface area contributed by atoms with E-state index in [1.165, 1.54) is 6.26 Å². The highest BCUT2D eigenvalue weighted by Gasteiger charge is 2.29. The van der Waals surface area contributed by atoms with Crippen LogP contribution in [-0.4, -0.2) is 51.1 Å². The van der Waals surface area contributed by atoms with Crippen molar-refractivity contribution in [3.8, 4) is 5.75 Å². The molecule has 1 saturated heterocycles. The van der Waals surface area contributed by atoms with Gasteiger partial charge < -0.3 is 15.4 Å². The van der Waals surface area contributed by atoms with E-state index in [0.717, 1.165) is 23.4 Å². The van der Waals surface area contributed by atoms with Gasteiger partial charge in [-0.3, -0.25) is 4.90 Å². The molecule has 156 valence electrons. The highest BCUT2D eigenvalue weighted by molar-refractivity contribution is 7.91. The van der Waals surface area contributed by atoms with Crippen molar-refractivity contribution in [2.75, 3.05) is 31.8 Å². The molecule has 0 spiro atoms. The van der Waals surface area contributed by atoms with Gasteiger partial charge in [0.25, 0.3) is 0 Å². The first kappa shape index (κ1) is 21.1. The van der Waals surface area contributed by atoms with Crippen LogP contribution in [0.15, 0.2) is 48.5 Å². The number of nitrogens with zero attached hydrogens (tertiary/aromatic N) is 1. The van der Waals surface area contributed by atoms with E-state index in [-0.39, 0.29) is 11.3 Å². The number of nitrogens with one attached hydrogen (secondary N) is 2. The predicted molar refractivity (Wildman–Crippen MR) is 114 cm³/mol. The van der Waals surface area contributed by atoms with Gasteiger partial charge in [0, 0.05) is 31.6 Å². The van der Waals surface area contributed by atoms with E-state index < -0.39 is 9.84 Å². The summed E-state index contributed by atoms with van der Waals surface area (Å²) in [5.41, 5.74) is 2.77. The maximum atomic E-state index is 12.1. The molecule has 0 radical (unpaired) electrons. The molecule has 0 saturated carbocycles. The third kappa shape index (κ3) is 6.20. The number of sulfone groups is 1. The van der Waals surface area contributed by atoms with Gasteiger partial charge in [0.15, 0.2) is 9.84 Å². The van der Waals surface area contributed by atoms with Gasteiger partial charge in [-0.25, -0.2) is 13.2 Å². The van der Waals surface area contributed by atoms with E-state index in [4.69, 9.17) is 4.74 Å². The second-order valence-electron chi connectivity index (χ2n) is 7.33. The van der Waals surface area contributed by atoms with Gasteiger partial charge in [0.05, 0.1) is 12.4 Å². The van der Waals surface area contributed by atoms with E-state index in [0.29, 0.717) is 31.7 Å². The van der Waals surface area contributed by atoms with Crippen LogP contribution in [0.4, 0.5) is 10.5 Å². The lowest BCUT2D eigenvalue weighted by atomic mass is 10.2. The molecular weight excluding hydrogens is 390 g/mol. The van der Waals surface area contributed by atoms with Crippen molar-refractivity contribution in [1.82, 2.24) is 10.2 Å². The first-order valence-electron chi connectivity index (χ1n) is 9.51. The molecule has 7 nitrogen and oxygen atoms in total. The summed E-state index contributed by atoms with van der Waals surface area (Å²) in [4.78, 5) is 14.2. The lowest BCUT2D eigenvalue weighted by Crippen LogP contribution is -2.28. The summed E-state index contributed by atoms with van der Waals surface area (Å²) >= 11 is 0. The second-order valence-corrected chi connectivity index (χ2v) is 9.65. The zero-order chi connectivity index (χ0) is 20.9. The minimum Gasteiger partial charge on any atom is -0.497 e. The van der Waals surface area contributed by atoms with Crippen LogP contribution in [0.25, 0.3) is 0 Å². The third-order valence-electron chi connectivity index (χ3n) is 5.06. The number of carbonyl (C=O) groups excluding carboxylic acids is 1. The maximum absolute atomic E-state index is 12.1. The van der Waals surface area contributed by atoms with Crippen molar-refractivity contribution in [2.45, 2.75) is 24.8 Å². The molecule has 2 N–H and O–H groups in total. The summed E-state index contributed by atoms with van der Waals surface area (Å²) in [6.45, 7) is 2.48. The monoisotopic (exact) mass is 417 g/mol. The molecule has 29 heavy (non-hydrogen) atoms. The van der Waals surface area contributed by atoms with Gasteiger partial charge in [-0.05, 0) is 48.4 Å². The van der Waals surface area contributed by atoms with E-state index >= 15 is 0 Å². The highest BCUT2D eigenvalue weighted by atomic mass is 32.2. The van der Waals surface area contributed by atoms with Crippen LogP contribution in [0.5, 0.6) is 5.75 Å². The number of methoxy groups -OCH3 is 1. The zero-order valence-electron chi connectivity index (χ0n) is 16.7. The first-order chi connectivity index (χ1) is 13.8. The van der Waals surface area contributed by atoms with Crippen LogP contribution < -0.4 is 15.4 Å². The Balaban J connectivity index is 1.45. The first-order valence-corrected chi connectivity index (χ1v) is 11.5. The number of urea groups is 1. The molecule has 2 amide bonds. The summed E-state index contributed by atoms with van der Waals surface area (Å²) < 4.78 is 28.5. The molecule has 0 aromatic heterocycles. The Morgan fingerprint density at radius 3 is 2.34 bits per heavy atom. The van der Waals surface area contributed by atoms with Crippen molar-refractivity contribution >= 4 is 21.6 Å². The predicted octanol–water partition coefficient (Wildman–Crippen LogP) is 2.64. The van der Waals surface area contributed by atoms with Gasteiger partial charge in [-0.1, -0.05) is 24.3 Å². The molecule has 2 aromatic rings. The molecular formula is C21H27N3O4S. The number of amides is 2. The van der Waals surface area contributed by atoms with Crippen LogP contribution in [-0.2, 0) is 22.9 Å². The quantitative estimate of drug-likeness (QED) is 0.723. The Kier molecular flexibility index (Phi) is 6.76. The number of anilines is 1. The number of rotatable bonds is 7. The minimum absolute atomic E-state index is 0.266. The number of hydrogen-bond donors (Lipinski definition) is 2. The smallest absolute Gasteiger partial charge is 0.319 e.